The van der Waals surface area contributed by atoms with Crippen molar-refractivity contribution in [1.82, 2.24) is 0 Å². The highest BCUT2D eigenvalue weighted by atomic mass is 32.1. The van der Waals surface area contributed by atoms with Crippen LogP contribution >= 0.6 is 11.3 Å². The molecule has 0 amide bonds. The van der Waals surface area contributed by atoms with Crippen LogP contribution in [0.25, 0.3) is 10.1 Å². The molecule has 0 unspecified atom stereocenters. The normalized spacial score (nSPS) is 12.9. The van der Waals surface area contributed by atoms with Crippen molar-refractivity contribution in [1.29, 1.82) is 0 Å². The van der Waals surface area contributed by atoms with Crippen LogP contribution in [-0.4, -0.2) is 12.3 Å². The fourth-order valence-electron chi connectivity index (χ4n) is 1.40. The Hall–Kier alpha value is -1.19. The highest BCUT2D eigenvalue weighted by Crippen LogP contribution is 2.25. The summed E-state index contributed by atoms with van der Waals surface area (Å²) in [5, 5.41) is 1.21. The molecule has 1 aromatic heterocycles. The third-order valence-electron chi connectivity index (χ3n) is 2.05. The van der Waals surface area contributed by atoms with Crippen LogP contribution in [0, 0.1) is 0 Å². The maximum Gasteiger partial charge on any atom is 0.217 e. The summed E-state index contributed by atoms with van der Waals surface area (Å²) in [6.45, 7) is 0. The molecule has 0 spiro atoms. The maximum absolute atomic E-state index is 10.3. The van der Waals surface area contributed by atoms with E-state index < -0.39 is 6.04 Å². The van der Waals surface area contributed by atoms with Crippen molar-refractivity contribution >= 4 is 27.7 Å². The summed E-state index contributed by atoms with van der Waals surface area (Å²) in [7, 11) is 0. The molecular formula is C11H10NOS. The first-order valence-corrected chi connectivity index (χ1v) is 5.22. The highest BCUT2D eigenvalue weighted by molar-refractivity contribution is 7.19. The van der Waals surface area contributed by atoms with E-state index in [1.807, 2.05) is 12.1 Å². The van der Waals surface area contributed by atoms with Gasteiger partial charge in [0.05, 0.1) is 6.04 Å². The smallest absolute Gasteiger partial charge is 0.217 e. The Bertz CT molecular complexity index is 416. The Morgan fingerprint density at radius 2 is 2.21 bits per heavy atom. The van der Waals surface area contributed by atoms with Crippen LogP contribution in [0.3, 0.4) is 0 Å². The number of nitrogens with two attached hydrogens (primary N) is 1. The zero-order chi connectivity index (χ0) is 9.97. The molecule has 0 aliphatic heterocycles. The van der Waals surface area contributed by atoms with Crippen LogP contribution in [0.1, 0.15) is 4.88 Å². The van der Waals surface area contributed by atoms with Gasteiger partial charge in [-0.2, -0.15) is 0 Å². The van der Waals surface area contributed by atoms with E-state index in [9.17, 15) is 4.79 Å². The molecule has 14 heavy (non-hydrogen) atoms. The van der Waals surface area contributed by atoms with Crippen molar-refractivity contribution in [3.63, 3.8) is 0 Å². The number of rotatable bonds is 3. The third kappa shape index (κ3) is 1.84. The van der Waals surface area contributed by atoms with E-state index in [1.165, 1.54) is 10.1 Å². The molecule has 2 aromatic rings. The van der Waals surface area contributed by atoms with E-state index in [2.05, 4.69) is 18.2 Å². The molecule has 1 aromatic carbocycles. The van der Waals surface area contributed by atoms with Crippen molar-refractivity contribution in [2.45, 2.75) is 12.5 Å². The number of carbonyl (C=O) groups excluding carboxylic acids is 1. The molecule has 0 saturated heterocycles. The molecule has 1 atom stereocenters. The van der Waals surface area contributed by atoms with Crippen molar-refractivity contribution < 1.29 is 4.79 Å². The van der Waals surface area contributed by atoms with Crippen LogP contribution in [0.2, 0.25) is 0 Å². The molecule has 3 heteroatoms. The zero-order valence-corrected chi connectivity index (χ0v) is 8.38. The Labute approximate surface area is 86.3 Å². The van der Waals surface area contributed by atoms with Gasteiger partial charge in [0.2, 0.25) is 6.29 Å². The standard InChI is InChI=1S/C11H10NOS/c12-9(7-13)6-10-5-8-3-1-2-4-11(8)14-10/h1-5,9H,6,12H2/t9-/m0/s1. The summed E-state index contributed by atoms with van der Waals surface area (Å²) >= 11 is 1.68. The molecule has 2 nitrogen and oxygen atoms in total. The van der Waals surface area contributed by atoms with Gasteiger partial charge < -0.3 is 5.73 Å². The van der Waals surface area contributed by atoms with Crippen molar-refractivity contribution in [3.05, 3.63) is 35.2 Å². The molecule has 0 aliphatic rings. The Balaban J connectivity index is 2.31. The van der Waals surface area contributed by atoms with Gasteiger partial charge in [0.15, 0.2) is 0 Å². The molecule has 0 aliphatic carbocycles. The Morgan fingerprint density at radius 3 is 2.93 bits per heavy atom. The van der Waals surface area contributed by atoms with Gasteiger partial charge in [-0.1, -0.05) is 18.2 Å². The maximum atomic E-state index is 10.3. The minimum absolute atomic E-state index is 0.497. The summed E-state index contributed by atoms with van der Waals surface area (Å²) < 4.78 is 1.24. The molecule has 0 fully saturated rings. The number of benzene rings is 1. The van der Waals surface area contributed by atoms with Crippen molar-refractivity contribution in [2.75, 3.05) is 0 Å². The monoisotopic (exact) mass is 204 g/mol. The first kappa shape index (κ1) is 9.37. The summed E-state index contributed by atoms with van der Waals surface area (Å²) in [6.07, 6.45) is 2.38. The fraction of sp³-hybridized carbons (Fsp3) is 0.182. The lowest BCUT2D eigenvalue weighted by atomic mass is 10.2. The number of thiophene rings is 1. The Kier molecular flexibility index (Phi) is 2.61. The predicted octanol–water partition coefficient (Wildman–Crippen LogP) is 1.88. The summed E-state index contributed by atoms with van der Waals surface area (Å²) in [4.78, 5) is 11.4. The van der Waals surface area contributed by atoms with E-state index in [1.54, 1.807) is 17.6 Å². The van der Waals surface area contributed by atoms with Gasteiger partial charge >= 0.3 is 0 Å². The quantitative estimate of drug-likeness (QED) is 0.829. The molecular weight excluding hydrogens is 194 g/mol. The van der Waals surface area contributed by atoms with E-state index >= 15 is 0 Å². The largest absolute Gasteiger partial charge is 0.321 e. The van der Waals surface area contributed by atoms with Crippen molar-refractivity contribution in [2.24, 2.45) is 5.73 Å². The van der Waals surface area contributed by atoms with Crippen LogP contribution in [0.5, 0.6) is 0 Å². The zero-order valence-electron chi connectivity index (χ0n) is 7.57. The van der Waals surface area contributed by atoms with Gasteiger partial charge in [-0.15, -0.1) is 11.3 Å². The minimum atomic E-state index is -0.497. The van der Waals surface area contributed by atoms with Gasteiger partial charge in [-0.25, -0.2) is 0 Å². The van der Waals surface area contributed by atoms with Crippen LogP contribution < -0.4 is 5.73 Å². The van der Waals surface area contributed by atoms with E-state index in [-0.39, 0.29) is 0 Å². The van der Waals surface area contributed by atoms with Crippen LogP contribution in [0.4, 0.5) is 0 Å². The molecule has 0 saturated carbocycles. The number of fused-ring (bicyclic) bond motifs is 1. The first-order valence-electron chi connectivity index (χ1n) is 4.40. The predicted molar refractivity (Wildman–Crippen MR) is 59.2 cm³/mol. The molecule has 2 N–H and O–H groups in total. The molecule has 0 bridgehead atoms. The van der Waals surface area contributed by atoms with Gasteiger partial charge in [0.1, 0.15) is 0 Å². The first-order chi connectivity index (χ1) is 6.79. The molecule has 71 valence electrons. The lowest BCUT2D eigenvalue weighted by molar-refractivity contribution is 0.541. The number of hydrogen-bond donors (Lipinski definition) is 1. The average molecular weight is 204 g/mol. The van der Waals surface area contributed by atoms with Gasteiger partial charge in [-0.3, -0.25) is 4.79 Å². The molecule has 2 rings (SSSR count). The molecule has 1 heterocycles. The topological polar surface area (TPSA) is 43.1 Å². The lowest BCUT2D eigenvalue weighted by Crippen LogP contribution is -2.23. The van der Waals surface area contributed by atoms with Crippen LogP contribution in [-0.2, 0) is 11.2 Å². The summed E-state index contributed by atoms with van der Waals surface area (Å²) in [5.41, 5.74) is 5.51. The molecule has 1 radical (unpaired) electrons. The van der Waals surface area contributed by atoms with Crippen LogP contribution in [0.15, 0.2) is 30.3 Å². The fourth-order valence-corrected chi connectivity index (χ4v) is 2.52. The summed E-state index contributed by atoms with van der Waals surface area (Å²) in [6, 6.07) is 9.73. The van der Waals surface area contributed by atoms with Gasteiger partial charge in [0.25, 0.3) is 0 Å². The second-order valence-corrected chi connectivity index (χ2v) is 4.35. The summed E-state index contributed by atoms with van der Waals surface area (Å²) in [5.74, 6) is 0. The Morgan fingerprint density at radius 1 is 1.43 bits per heavy atom. The van der Waals surface area contributed by atoms with E-state index in [0.29, 0.717) is 6.42 Å². The SMILES string of the molecule is N[C@H]([C]=O)Cc1cc2ccccc2s1. The second-order valence-electron chi connectivity index (χ2n) is 3.18. The third-order valence-corrected chi connectivity index (χ3v) is 3.19. The van der Waals surface area contributed by atoms with Gasteiger partial charge in [0, 0.05) is 16.0 Å². The van der Waals surface area contributed by atoms with Gasteiger partial charge in [-0.05, 0) is 17.5 Å². The minimum Gasteiger partial charge on any atom is -0.321 e. The van der Waals surface area contributed by atoms with E-state index in [0.717, 1.165) is 4.88 Å². The number of hydrogen-bond acceptors (Lipinski definition) is 3. The average Bonchev–Trinajstić information content (AvgIpc) is 2.59. The lowest BCUT2D eigenvalue weighted by Gasteiger charge is -1.97. The van der Waals surface area contributed by atoms with Crippen molar-refractivity contribution in [3.8, 4) is 0 Å². The highest BCUT2D eigenvalue weighted by Gasteiger charge is 2.06. The second kappa shape index (κ2) is 3.90. The van der Waals surface area contributed by atoms with E-state index in [4.69, 9.17) is 5.73 Å².